The van der Waals surface area contributed by atoms with Crippen molar-refractivity contribution in [3.8, 4) is 0 Å². The van der Waals surface area contributed by atoms with Crippen LogP contribution in [0, 0.1) is 0 Å². The maximum Gasteiger partial charge on any atom is 0.198 e. The summed E-state index contributed by atoms with van der Waals surface area (Å²) < 4.78 is 5.61. The first kappa shape index (κ1) is 17.8. The van der Waals surface area contributed by atoms with Crippen molar-refractivity contribution in [2.45, 2.75) is 26.0 Å². The fourth-order valence-electron chi connectivity index (χ4n) is 3.77. The highest BCUT2D eigenvalue weighted by atomic mass is 16.5. The second-order valence-corrected chi connectivity index (χ2v) is 7.08. The lowest BCUT2D eigenvalue weighted by Crippen LogP contribution is -2.41. The Kier molecular flexibility index (Phi) is 5.25. The SMILES string of the molecule is CN=C(NCc1ccc(N2CCOC(C)C2)nc1)N1CCc2ccccc21. The van der Waals surface area contributed by atoms with Gasteiger partial charge in [-0.1, -0.05) is 24.3 Å². The van der Waals surface area contributed by atoms with Gasteiger partial charge in [-0.3, -0.25) is 4.99 Å². The minimum absolute atomic E-state index is 0.258. The van der Waals surface area contributed by atoms with Gasteiger partial charge in [0.1, 0.15) is 5.82 Å². The summed E-state index contributed by atoms with van der Waals surface area (Å²) in [6, 6.07) is 12.8. The van der Waals surface area contributed by atoms with Crippen LogP contribution in [0.2, 0.25) is 0 Å². The highest BCUT2D eigenvalue weighted by molar-refractivity contribution is 5.97. The molecule has 0 aliphatic carbocycles. The molecule has 1 aromatic carbocycles. The van der Waals surface area contributed by atoms with E-state index in [4.69, 9.17) is 4.74 Å². The van der Waals surface area contributed by atoms with E-state index >= 15 is 0 Å². The number of morpholine rings is 1. The molecule has 1 aromatic heterocycles. The average Bonchev–Trinajstić information content (AvgIpc) is 3.13. The van der Waals surface area contributed by atoms with Crippen LogP contribution in [0.15, 0.2) is 47.6 Å². The first-order valence-electron chi connectivity index (χ1n) is 9.62. The van der Waals surface area contributed by atoms with Crippen LogP contribution in [0.5, 0.6) is 0 Å². The van der Waals surface area contributed by atoms with Crippen LogP contribution in [0.1, 0.15) is 18.1 Å². The number of benzene rings is 1. The number of anilines is 2. The van der Waals surface area contributed by atoms with E-state index < -0.39 is 0 Å². The third-order valence-electron chi connectivity index (χ3n) is 5.18. The van der Waals surface area contributed by atoms with E-state index in [0.717, 1.165) is 50.0 Å². The summed E-state index contributed by atoms with van der Waals surface area (Å²) in [6.07, 6.45) is 3.27. The molecule has 2 aliphatic heterocycles. The topological polar surface area (TPSA) is 53.0 Å². The molecule has 0 spiro atoms. The molecular formula is C21H27N5O. The number of ether oxygens (including phenoxy) is 1. The van der Waals surface area contributed by atoms with Gasteiger partial charge in [0.15, 0.2) is 5.96 Å². The van der Waals surface area contributed by atoms with E-state index in [1.165, 1.54) is 11.3 Å². The summed E-state index contributed by atoms with van der Waals surface area (Å²) >= 11 is 0. The number of rotatable bonds is 3. The molecule has 1 saturated heterocycles. The highest BCUT2D eigenvalue weighted by Crippen LogP contribution is 2.27. The molecular weight excluding hydrogens is 338 g/mol. The van der Waals surface area contributed by atoms with Crippen LogP contribution in [0.25, 0.3) is 0 Å². The van der Waals surface area contributed by atoms with Gasteiger partial charge in [-0.2, -0.15) is 0 Å². The molecule has 142 valence electrons. The lowest BCUT2D eigenvalue weighted by atomic mass is 10.2. The Hall–Kier alpha value is -2.60. The Bertz CT molecular complexity index is 804. The maximum atomic E-state index is 5.61. The van der Waals surface area contributed by atoms with Crippen LogP contribution in [-0.2, 0) is 17.7 Å². The molecule has 4 rings (SSSR count). The van der Waals surface area contributed by atoms with Crippen LogP contribution in [-0.4, -0.2) is 50.3 Å². The molecule has 1 N–H and O–H groups in total. The Morgan fingerprint density at radius 3 is 2.93 bits per heavy atom. The number of aliphatic imine (C=N–C) groups is 1. The van der Waals surface area contributed by atoms with Crippen LogP contribution in [0.4, 0.5) is 11.5 Å². The predicted octanol–water partition coefficient (Wildman–Crippen LogP) is 2.44. The minimum atomic E-state index is 0.258. The molecule has 1 atom stereocenters. The van der Waals surface area contributed by atoms with Gasteiger partial charge in [-0.15, -0.1) is 0 Å². The van der Waals surface area contributed by atoms with Crippen molar-refractivity contribution in [3.63, 3.8) is 0 Å². The van der Waals surface area contributed by atoms with Gasteiger partial charge in [0.05, 0.1) is 12.7 Å². The number of nitrogens with one attached hydrogen (secondary N) is 1. The monoisotopic (exact) mass is 365 g/mol. The van der Waals surface area contributed by atoms with E-state index in [2.05, 4.69) is 68.4 Å². The van der Waals surface area contributed by atoms with Gasteiger partial charge in [-0.05, 0) is 36.6 Å². The van der Waals surface area contributed by atoms with Gasteiger partial charge in [0.2, 0.25) is 0 Å². The Labute approximate surface area is 160 Å². The number of hydrogen-bond acceptors (Lipinski definition) is 4. The summed E-state index contributed by atoms with van der Waals surface area (Å²) in [5.74, 6) is 1.93. The molecule has 0 saturated carbocycles. The van der Waals surface area contributed by atoms with Crippen molar-refractivity contribution in [1.29, 1.82) is 0 Å². The number of hydrogen-bond donors (Lipinski definition) is 1. The second-order valence-electron chi connectivity index (χ2n) is 7.08. The molecule has 0 bridgehead atoms. The van der Waals surface area contributed by atoms with Crippen LogP contribution in [0.3, 0.4) is 0 Å². The molecule has 3 heterocycles. The molecule has 0 amide bonds. The summed E-state index contributed by atoms with van der Waals surface area (Å²) in [5, 5.41) is 3.48. The highest BCUT2D eigenvalue weighted by Gasteiger charge is 2.22. The number of para-hydroxylation sites is 1. The van der Waals surface area contributed by atoms with Crippen molar-refractivity contribution < 1.29 is 4.74 Å². The van der Waals surface area contributed by atoms with E-state index in [9.17, 15) is 0 Å². The van der Waals surface area contributed by atoms with Crippen LogP contribution >= 0.6 is 0 Å². The van der Waals surface area contributed by atoms with Crippen molar-refractivity contribution in [2.75, 3.05) is 43.1 Å². The van der Waals surface area contributed by atoms with Crippen LogP contribution < -0.4 is 15.1 Å². The number of aromatic nitrogens is 1. The van der Waals surface area contributed by atoms with Gasteiger partial charge in [0.25, 0.3) is 0 Å². The third kappa shape index (κ3) is 3.90. The first-order valence-corrected chi connectivity index (χ1v) is 9.62. The van der Waals surface area contributed by atoms with Gasteiger partial charge in [-0.25, -0.2) is 4.98 Å². The molecule has 2 aromatic rings. The number of fused-ring (bicyclic) bond motifs is 1. The standard InChI is InChI=1S/C21H27N5O/c1-16-15-25(11-12-27-16)20-8-7-17(13-23-20)14-24-21(22-2)26-10-9-18-5-3-4-6-19(18)26/h3-8,13,16H,9-12,14-15H2,1-2H3,(H,22,24). The van der Waals surface area contributed by atoms with Crippen molar-refractivity contribution >= 4 is 17.5 Å². The fourth-order valence-corrected chi connectivity index (χ4v) is 3.77. The molecule has 6 nitrogen and oxygen atoms in total. The zero-order valence-corrected chi connectivity index (χ0v) is 16.1. The quantitative estimate of drug-likeness (QED) is 0.669. The summed E-state index contributed by atoms with van der Waals surface area (Å²) in [5.41, 5.74) is 3.78. The van der Waals surface area contributed by atoms with Crippen molar-refractivity contribution in [1.82, 2.24) is 10.3 Å². The van der Waals surface area contributed by atoms with E-state index in [-0.39, 0.29) is 6.10 Å². The second kappa shape index (κ2) is 7.96. The first-order chi connectivity index (χ1) is 13.2. The van der Waals surface area contributed by atoms with E-state index in [1.54, 1.807) is 0 Å². The maximum absolute atomic E-state index is 5.61. The van der Waals surface area contributed by atoms with Gasteiger partial charge in [0, 0.05) is 45.1 Å². The lowest BCUT2D eigenvalue weighted by molar-refractivity contribution is 0.0529. The predicted molar refractivity (Wildman–Crippen MR) is 110 cm³/mol. The zero-order valence-electron chi connectivity index (χ0n) is 16.1. The molecule has 0 radical (unpaired) electrons. The molecule has 27 heavy (non-hydrogen) atoms. The minimum Gasteiger partial charge on any atom is -0.375 e. The lowest BCUT2D eigenvalue weighted by Gasteiger charge is -2.32. The summed E-state index contributed by atoms with van der Waals surface area (Å²) in [7, 11) is 1.84. The molecule has 1 fully saturated rings. The van der Waals surface area contributed by atoms with E-state index in [0.29, 0.717) is 6.54 Å². The number of pyridine rings is 1. The smallest absolute Gasteiger partial charge is 0.198 e. The number of guanidine groups is 1. The van der Waals surface area contributed by atoms with Gasteiger partial charge < -0.3 is 19.9 Å². The summed E-state index contributed by atoms with van der Waals surface area (Å²) in [6.45, 7) is 6.33. The molecule has 6 heteroatoms. The van der Waals surface area contributed by atoms with Crippen molar-refractivity contribution in [3.05, 3.63) is 53.7 Å². The summed E-state index contributed by atoms with van der Waals surface area (Å²) in [4.78, 5) is 13.7. The Morgan fingerprint density at radius 1 is 1.26 bits per heavy atom. The zero-order chi connectivity index (χ0) is 18.6. The van der Waals surface area contributed by atoms with Crippen molar-refractivity contribution in [2.24, 2.45) is 4.99 Å². The Morgan fingerprint density at radius 2 is 2.15 bits per heavy atom. The normalized spacial score (nSPS) is 19.9. The van der Waals surface area contributed by atoms with Gasteiger partial charge >= 0.3 is 0 Å². The average molecular weight is 365 g/mol. The largest absolute Gasteiger partial charge is 0.375 e. The molecule has 2 aliphatic rings. The number of nitrogens with zero attached hydrogens (tertiary/aromatic N) is 4. The Balaban J connectivity index is 1.38. The molecule has 1 unspecified atom stereocenters. The van der Waals surface area contributed by atoms with E-state index in [1.807, 2.05) is 13.2 Å². The third-order valence-corrected chi connectivity index (χ3v) is 5.18. The fraction of sp³-hybridized carbons (Fsp3) is 0.429.